The molecule has 1 aromatic carbocycles. The van der Waals surface area contributed by atoms with Crippen molar-refractivity contribution in [3.63, 3.8) is 0 Å². The quantitative estimate of drug-likeness (QED) is 0.538. The molecule has 0 atom stereocenters. The largest absolute Gasteiger partial charge is 0.496 e. The normalized spacial score (nSPS) is 9.93. The van der Waals surface area contributed by atoms with Crippen LogP contribution in [0.15, 0.2) is 18.2 Å². The van der Waals surface area contributed by atoms with Crippen molar-refractivity contribution in [3.8, 4) is 5.75 Å². The third-order valence-corrected chi connectivity index (χ3v) is 1.84. The van der Waals surface area contributed by atoms with Gasteiger partial charge in [0.1, 0.15) is 24.1 Å². The lowest BCUT2D eigenvalue weighted by Crippen LogP contribution is -2.04. The second-order valence-electron chi connectivity index (χ2n) is 2.68. The van der Waals surface area contributed by atoms with Crippen molar-refractivity contribution in [3.05, 3.63) is 29.6 Å². The maximum Gasteiger partial charge on any atom is 0.134 e. The number of benzene rings is 1. The Morgan fingerprint density at radius 3 is 2.50 bits per heavy atom. The lowest BCUT2D eigenvalue weighted by molar-refractivity contribution is -0.116. The Morgan fingerprint density at radius 1 is 1.36 bits per heavy atom. The predicted molar refractivity (Wildman–Crippen MR) is 47.8 cm³/mol. The van der Waals surface area contributed by atoms with E-state index in [1.54, 1.807) is 0 Å². The summed E-state index contributed by atoms with van der Waals surface area (Å²) >= 11 is 0. The summed E-state index contributed by atoms with van der Waals surface area (Å²) in [6, 6.07) is 3.70. The highest BCUT2D eigenvalue weighted by molar-refractivity contribution is 5.86. The third-order valence-electron chi connectivity index (χ3n) is 1.84. The first-order chi connectivity index (χ1) is 6.72. The zero-order chi connectivity index (χ0) is 10.6. The molecule has 0 aromatic heterocycles. The van der Waals surface area contributed by atoms with Crippen molar-refractivity contribution in [2.45, 2.75) is 5.92 Å². The van der Waals surface area contributed by atoms with Crippen molar-refractivity contribution < 1.29 is 18.7 Å². The minimum atomic E-state index is -0.972. The molecule has 4 heteroatoms. The van der Waals surface area contributed by atoms with Gasteiger partial charge in [0.15, 0.2) is 0 Å². The Kier molecular flexibility index (Phi) is 3.34. The molecule has 1 aromatic rings. The molecule has 14 heavy (non-hydrogen) atoms. The summed E-state index contributed by atoms with van der Waals surface area (Å²) in [7, 11) is 1.39. The second kappa shape index (κ2) is 4.50. The van der Waals surface area contributed by atoms with Gasteiger partial charge in [0, 0.05) is 5.56 Å². The van der Waals surface area contributed by atoms with Crippen molar-refractivity contribution >= 4 is 12.6 Å². The average Bonchev–Trinajstić information content (AvgIpc) is 2.20. The van der Waals surface area contributed by atoms with E-state index in [1.807, 2.05) is 0 Å². The predicted octanol–water partition coefficient (Wildman–Crippen LogP) is 1.32. The van der Waals surface area contributed by atoms with Crippen LogP contribution in [0.3, 0.4) is 0 Å². The lowest BCUT2D eigenvalue weighted by atomic mass is 10.0. The summed E-state index contributed by atoms with van der Waals surface area (Å²) in [4.78, 5) is 21.0. The molecule has 0 unspecified atom stereocenters. The van der Waals surface area contributed by atoms with Gasteiger partial charge in [-0.3, -0.25) is 0 Å². The molecular weight excluding hydrogens is 187 g/mol. The van der Waals surface area contributed by atoms with Crippen LogP contribution in [0.25, 0.3) is 0 Å². The molecule has 0 heterocycles. The summed E-state index contributed by atoms with van der Waals surface area (Å²) in [6.45, 7) is 0. The number of carbonyl (C=O) groups excluding carboxylic acids is 2. The molecule has 0 saturated carbocycles. The number of methoxy groups -OCH3 is 1. The van der Waals surface area contributed by atoms with Crippen molar-refractivity contribution in [2.24, 2.45) is 0 Å². The SMILES string of the molecule is COc1ccc(F)cc1C(C=O)C=O. The highest BCUT2D eigenvalue weighted by atomic mass is 19.1. The topological polar surface area (TPSA) is 43.4 Å². The first-order valence-corrected chi connectivity index (χ1v) is 3.97. The van der Waals surface area contributed by atoms with Crippen molar-refractivity contribution in [1.82, 2.24) is 0 Å². The molecule has 0 bridgehead atoms. The fourth-order valence-corrected chi connectivity index (χ4v) is 1.14. The highest BCUT2D eigenvalue weighted by Crippen LogP contribution is 2.25. The van der Waals surface area contributed by atoms with Crippen molar-refractivity contribution in [1.29, 1.82) is 0 Å². The summed E-state index contributed by atoms with van der Waals surface area (Å²) in [5, 5.41) is 0. The maximum atomic E-state index is 12.8. The van der Waals surface area contributed by atoms with E-state index < -0.39 is 11.7 Å². The fourth-order valence-electron chi connectivity index (χ4n) is 1.14. The van der Waals surface area contributed by atoms with Gasteiger partial charge in [-0.1, -0.05) is 0 Å². The molecule has 0 aliphatic heterocycles. The molecule has 0 spiro atoms. The van der Waals surface area contributed by atoms with Gasteiger partial charge in [-0.15, -0.1) is 0 Å². The van der Waals surface area contributed by atoms with Crippen LogP contribution in [-0.2, 0) is 9.59 Å². The minimum absolute atomic E-state index is 0.248. The Labute approximate surface area is 80.5 Å². The van der Waals surface area contributed by atoms with Gasteiger partial charge in [-0.05, 0) is 18.2 Å². The molecular formula is C10H9FO3. The maximum absolute atomic E-state index is 12.8. The van der Waals surface area contributed by atoms with Gasteiger partial charge in [0.05, 0.1) is 13.0 Å². The van der Waals surface area contributed by atoms with E-state index in [0.29, 0.717) is 18.3 Å². The van der Waals surface area contributed by atoms with Crippen LogP contribution in [0, 0.1) is 5.82 Å². The van der Waals surface area contributed by atoms with Crippen LogP contribution in [-0.4, -0.2) is 19.7 Å². The molecule has 0 amide bonds. The van der Waals surface area contributed by atoms with E-state index in [2.05, 4.69) is 0 Å². The molecule has 1 rings (SSSR count). The molecule has 0 N–H and O–H groups in total. The third kappa shape index (κ3) is 1.96. The number of ether oxygens (including phenoxy) is 1. The van der Waals surface area contributed by atoms with E-state index in [-0.39, 0.29) is 5.56 Å². The van der Waals surface area contributed by atoms with Crippen molar-refractivity contribution in [2.75, 3.05) is 7.11 Å². The van der Waals surface area contributed by atoms with E-state index in [1.165, 1.54) is 19.2 Å². The smallest absolute Gasteiger partial charge is 0.134 e. The molecule has 0 fully saturated rings. The van der Waals surface area contributed by atoms with Gasteiger partial charge < -0.3 is 14.3 Å². The summed E-state index contributed by atoms with van der Waals surface area (Å²) in [5.41, 5.74) is 0.248. The van der Waals surface area contributed by atoms with Gasteiger partial charge in [0.25, 0.3) is 0 Å². The molecule has 0 saturated heterocycles. The number of aldehydes is 2. The number of carbonyl (C=O) groups is 2. The number of rotatable bonds is 4. The van der Waals surface area contributed by atoms with Crippen LogP contribution in [0.4, 0.5) is 4.39 Å². The molecule has 0 radical (unpaired) electrons. The van der Waals surface area contributed by atoms with E-state index in [9.17, 15) is 14.0 Å². The lowest BCUT2D eigenvalue weighted by Gasteiger charge is -2.09. The fraction of sp³-hybridized carbons (Fsp3) is 0.200. The van der Waals surface area contributed by atoms with E-state index >= 15 is 0 Å². The minimum Gasteiger partial charge on any atom is -0.496 e. The van der Waals surface area contributed by atoms with Crippen LogP contribution in [0.1, 0.15) is 11.5 Å². The average molecular weight is 196 g/mol. The second-order valence-corrected chi connectivity index (χ2v) is 2.68. The zero-order valence-electron chi connectivity index (χ0n) is 7.57. The molecule has 0 aliphatic rings. The van der Waals surface area contributed by atoms with Gasteiger partial charge in [0.2, 0.25) is 0 Å². The van der Waals surface area contributed by atoms with E-state index in [4.69, 9.17) is 4.74 Å². The van der Waals surface area contributed by atoms with Gasteiger partial charge in [-0.25, -0.2) is 4.39 Å². The molecule has 74 valence electrons. The summed E-state index contributed by atoms with van der Waals surface area (Å²) in [5.74, 6) is -1.15. The Morgan fingerprint density at radius 2 is 2.00 bits per heavy atom. The molecule has 3 nitrogen and oxygen atoms in total. The van der Waals surface area contributed by atoms with Crippen LogP contribution < -0.4 is 4.74 Å². The first kappa shape index (κ1) is 10.4. The van der Waals surface area contributed by atoms with Crippen LogP contribution in [0.5, 0.6) is 5.75 Å². The number of halogens is 1. The number of hydrogen-bond donors (Lipinski definition) is 0. The zero-order valence-corrected chi connectivity index (χ0v) is 7.57. The van der Waals surface area contributed by atoms with Crippen LogP contribution in [0.2, 0.25) is 0 Å². The standard InChI is InChI=1S/C10H9FO3/c1-14-10-3-2-8(11)4-9(10)7(5-12)6-13/h2-7H,1H3. The Hall–Kier alpha value is -1.71. The Balaban J connectivity index is 3.21. The van der Waals surface area contributed by atoms with E-state index in [0.717, 1.165) is 6.07 Å². The molecule has 0 aliphatic carbocycles. The highest BCUT2D eigenvalue weighted by Gasteiger charge is 2.15. The van der Waals surface area contributed by atoms with Crippen LogP contribution >= 0.6 is 0 Å². The Bertz CT molecular complexity index is 341. The summed E-state index contributed by atoms with van der Waals surface area (Å²) in [6.07, 6.45) is 0.897. The first-order valence-electron chi connectivity index (χ1n) is 3.97. The van der Waals surface area contributed by atoms with Gasteiger partial charge >= 0.3 is 0 Å². The van der Waals surface area contributed by atoms with Gasteiger partial charge in [-0.2, -0.15) is 0 Å². The monoisotopic (exact) mass is 196 g/mol. The summed E-state index contributed by atoms with van der Waals surface area (Å²) < 4.78 is 17.7. The number of hydrogen-bond acceptors (Lipinski definition) is 3.